The van der Waals surface area contributed by atoms with Crippen molar-refractivity contribution < 1.29 is 23.0 Å². The number of aryl methyl sites for hydroxylation is 2. The van der Waals surface area contributed by atoms with Crippen molar-refractivity contribution in [2.75, 3.05) is 34.4 Å². The summed E-state index contributed by atoms with van der Waals surface area (Å²) in [6.07, 6.45) is 5.42. The normalized spacial score (nSPS) is 13.6. The number of aromatic nitrogens is 4. The number of imidazole rings is 1. The lowest BCUT2D eigenvalue weighted by atomic mass is 10.1. The van der Waals surface area contributed by atoms with Gasteiger partial charge in [0, 0.05) is 25.0 Å². The number of fused-ring (bicyclic) bond motifs is 1. The zero-order valence-corrected chi connectivity index (χ0v) is 26.6. The molecule has 0 saturated carbocycles. The van der Waals surface area contributed by atoms with E-state index in [1.54, 1.807) is 57.0 Å². The van der Waals surface area contributed by atoms with Gasteiger partial charge < -0.3 is 23.7 Å². The Balaban J connectivity index is 1.75. The highest BCUT2D eigenvalue weighted by Crippen LogP contribution is 2.35. The molecule has 1 N–H and O–H groups in total. The van der Waals surface area contributed by atoms with E-state index in [1.165, 1.54) is 0 Å². The second-order valence-electron chi connectivity index (χ2n) is 10.6. The van der Waals surface area contributed by atoms with Gasteiger partial charge in [0.2, 0.25) is 0 Å². The summed E-state index contributed by atoms with van der Waals surface area (Å²) in [5.74, 6) is 2.66. The Bertz CT molecular complexity index is 1650. The number of likely N-dealkylation sites (N-methyl/N-ethyl adjacent to an activating group) is 1. The molecule has 0 bridgehead atoms. The van der Waals surface area contributed by atoms with Crippen LogP contribution in [0, 0.1) is 6.92 Å². The molecule has 0 spiro atoms. The molecule has 43 heavy (non-hydrogen) atoms. The first-order valence-corrected chi connectivity index (χ1v) is 15.6. The van der Waals surface area contributed by atoms with E-state index in [-0.39, 0.29) is 17.9 Å². The Morgan fingerprint density at radius 1 is 1.00 bits per heavy atom. The monoisotopic (exact) mass is 611 g/mol. The van der Waals surface area contributed by atoms with Crippen LogP contribution in [0.1, 0.15) is 56.6 Å². The van der Waals surface area contributed by atoms with Gasteiger partial charge in [-0.25, -0.2) is 17.6 Å². The molecule has 4 rings (SSSR count). The van der Waals surface area contributed by atoms with E-state index in [0.717, 1.165) is 37.1 Å². The van der Waals surface area contributed by atoms with E-state index >= 15 is 0 Å². The van der Waals surface area contributed by atoms with Gasteiger partial charge >= 0.3 is 0 Å². The van der Waals surface area contributed by atoms with E-state index < -0.39 is 15.2 Å². The smallest absolute Gasteiger partial charge is 0.277 e. The Hall–Kier alpha value is -3.74. The highest BCUT2D eigenvalue weighted by Gasteiger charge is 2.29. The minimum Gasteiger partial charge on any atom is -0.724 e. The maximum absolute atomic E-state index is 13.3. The maximum atomic E-state index is 13.3. The largest absolute Gasteiger partial charge is 0.724 e. The number of quaternary nitrogens is 1. The standard InChI is InChI=1S/C31H41N5O6S/c1-7-9-10-11-12-28-32-21(3)29-31(37)33-30(34-35(28)29)24-20-23(14-16-25(24)42-8-2)36(4,43(38)39)18-17-22-13-15-26(40-5)27(19-22)41-6/h13-16,19-20H,7-12,17-18H2,1-6H3,(H-,33,34,37,38,39). The second kappa shape index (κ2) is 14.2. The predicted octanol–water partition coefficient (Wildman–Crippen LogP) is 4.91. The lowest BCUT2D eigenvalue weighted by Crippen LogP contribution is -2.48. The average Bonchev–Trinajstić information content (AvgIpc) is 3.33. The van der Waals surface area contributed by atoms with Crippen LogP contribution in [0.3, 0.4) is 0 Å². The first kappa shape index (κ1) is 32.2. The minimum absolute atomic E-state index is 0.241. The molecule has 0 aliphatic heterocycles. The number of hydrogen-bond donors (Lipinski definition) is 1. The molecule has 0 aliphatic carbocycles. The van der Waals surface area contributed by atoms with Crippen LogP contribution in [0.4, 0.5) is 5.69 Å². The van der Waals surface area contributed by atoms with Crippen molar-refractivity contribution in [3.05, 3.63) is 63.8 Å². The van der Waals surface area contributed by atoms with Crippen molar-refractivity contribution in [1.82, 2.24) is 23.5 Å². The molecule has 0 saturated heterocycles. The van der Waals surface area contributed by atoms with Gasteiger partial charge in [0.15, 0.2) is 34.1 Å². The van der Waals surface area contributed by atoms with Gasteiger partial charge in [-0.1, -0.05) is 32.3 Å². The lowest BCUT2D eigenvalue weighted by Gasteiger charge is -2.34. The Kier molecular flexibility index (Phi) is 10.6. The van der Waals surface area contributed by atoms with Crippen LogP contribution in [-0.2, 0) is 24.1 Å². The van der Waals surface area contributed by atoms with Gasteiger partial charge in [-0.15, -0.1) is 5.10 Å². The van der Waals surface area contributed by atoms with E-state index in [4.69, 9.17) is 19.3 Å². The summed E-state index contributed by atoms with van der Waals surface area (Å²) in [6, 6.07) is 10.7. The number of benzene rings is 2. The molecule has 0 aliphatic rings. The molecular formula is C31H41N5O6S. The van der Waals surface area contributed by atoms with Crippen LogP contribution in [0.25, 0.3) is 16.9 Å². The molecule has 12 heteroatoms. The van der Waals surface area contributed by atoms with Crippen LogP contribution in [0.5, 0.6) is 17.2 Å². The van der Waals surface area contributed by atoms with Crippen LogP contribution >= 0.6 is 0 Å². The fourth-order valence-corrected chi connectivity index (χ4v) is 5.70. The maximum Gasteiger partial charge on any atom is 0.277 e. The van der Waals surface area contributed by atoms with E-state index in [0.29, 0.717) is 59.2 Å². The highest BCUT2D eigenvalue weighted by atomic mass is 32.2. The molecule has 2 heterocycles. The number of ether oxygens (including phenoxy) is 3. The molecule has 0 fully saturated rings. The topological polar surface area (TPSA) is 131 Å². The third kappa shape index (κ3) is 6.92. The van der Waals surface area contributed by atoms with Gasteiger partial charge in [-0.3, -0.25) is 4.79 Å². The van der Waals surface area contributed by atoms with Crippen molar-refractivity contribution in [1.29, 1.82) is 0 Å². The summed E-state index contributed by atoms with van der Waals surface area (Å²) >= 11 is -2.53. The number of nitrogens with zero attached hydrogens (tertiary/aromatic N) is 4. The number of H-pyrrole nitrogens is 1. The van der Waals surface area contributed by atoms with Gasteiger partial charge in [0.05, 0.1) is 45.7 Å². The van der Waals surface area contributed by atoms with Crippen LogP contribution in [-0.4, -0.2) is 62.8 Å². The SMILES string of the molecule is CCCCCCc1nc(C)c2c(=O)[nH]c(-c3cc([N+](C)(CCc4ccc(OC)c(OC)c4)S(=O)[O-])ccc3OCC)nn12. The minimum atomic E-state index is -2.53. The number of unbranched alkanes of at least 4 members (excludes halogenated alkanes) is 3. The summed E-state index contributed by atoms with van der Waals surface area (Å²) in [5.41, 5.74) is 2.59. The molecular weight excluding hydrogens is 570 g/mol. The molecule has 0 radical (unpaired) electrons. The summed E-state index contributed by atoms with van der Waals surface area (Å²) in [4.78, 5) is 20.8. The van der Waals surface area contributed by atoms with Crippen molar-refractivity contribution in [3.8, 4) is 28.6 Å². The Labute approximate surface area is 254 Å². The molecule has 2 atom stereocenters. The zero-order valence-electron chi connectivity index (χ0n) is 25.8. The number of nitrogens with one attached hydrogen (secondary N) is 1. The van der Waals surface area contributed by atoms with Crippen LogP contribution < -0.4 is 23.7 Å². The second-order valence-corrected chi connectivity index (χ2v) is 11.8. The molecule has 11 nitrogen and oxygen atoms in total. The quantitative estimate of drug-likeness (QED) is 0.114. The molecule has 2 aromatic heterocycles. The van der Waals surface area contributed by atoms with Crippen LogP contribution in [0.2, 0.25) is 0 Å². The average molecular weight is 612 g/mol. The molecule has 4 aromatic rings. The molecule has 0 amide bonds. The fourth-order valence-electron chi connectivity index (χ4n) is 5.18. The van der Waals surface area contributed by atoms with Gasteiger partial charge in [0.1, 0.15) is 17.3 Å². The van der Waals surface area contributed by atoms with Crippen molar-refractivity contribution in [3.63, 3.8) is 0 Å². The number of aromatic amines is 1. The zero-order chi connectivity index (χ0) is 31.1. The van der Waals surface area contributed by atoms with E-state index in [1.807, 2.05) is 19.1 Å². The summed E-state index contributed by atoms with van der Waals surface area (Å²) in [7, 11) is 4.76. The molecule has 2 unspecified atom stereocenters. The third-order valence-electron chi connectivity index (χ3n) is 7.67. The molecule has 2 aromatic carbocycles. The first-order valence-electron chi connectivity index (χ1n) is 14.6. The number of rotatable bonds is 15. The summed E-state index contributed by atoms with van der Waals surface area (Å²) in [6.45, 7) is 6.45. The number of hydrogen-bond acceptors (Lipinski definition) is 8. The van der Waals surface area contributed by atoms with Gasteiger partial charge in [-0.05, 0) is 44.0 Å². The van der Waals surface area contributed by atoms with Crippen LogP contribution in [0.15, 0.2) is 41.2 Å². The van der Waals surface area contributed by atoms with E-state index in [2.05, 4.69) is 16.9 Å². The fraction of sp³-hybridized carbons (Fsp3) is 0.452. The summed E-state index contributed by atoms with van der Waals surface area (Å²) in [5, 5.41) is 4.80. The van der Waals surface area contributed by atoms with E-state index in [9.17, 15) is 13.6 Å². The summed E-state index contributed by atoms with van der Waals surface area (Å²) < 4.78 is 43.4. The van der Waals surface area contributed by atoms with Gasteiger partial charge in [0.25, 0.3) is 5.56 Å². The Morgan fingerprint density at radius 3 is 2.42 bits per heavy atom. The van der Waals surface area contributed by atoms with Crippen molar-refractivity contribution in [2.24, 2.45) is 0 Å². The molecule has 232 valence electrons. The first-order chi connectivity index (χ1) is 20.7. The van der Waals surface area contributed by atoms with Crippen molar-refractivity contribution in [2.45, 2.75) is 59.3 Å². The highest BCUT2D eigenvalue weighted by molar-refractivity contribution is 7.78. The number of methoxy groups -OCH3 is 2. The van der Waals surface area contributed by atoms with Crippen molar-refractivity contribution >= 4 is 22.5 Å². The predicted molar refractivity (Wildman–Crippen MR) is 168 cm³/mol. The third-order valence-corrected chi connectivity index (χ3v) is 8.72. The Morgan fingerprint density at radius 2 is 1.74 bits per heavy atom. The van der Waals surface area contributed by atoms with Gasteiger partial charge in [-0.2, -0.15) is 0 Å². The lowest BCUT2D eigenvalue weighted by molar-refractivity contribution is 0.341.